The van der Waals surface area contributed by atoms with Gasteiger partial charge in [0.15, 0.2) is 5.65 Å². The number of nitrogens with zero attached hydrogens (tertiary/aromatic N) is 4. The molecule has 2 aliphatic rings. The Kier molecular flexibility index (Phi) is 4.47. The second kappa shape index (κ2) is 7.15. The largest absolute Gasteiger partial charge is 0.497 e. The summed E-state index contributed by atoms with van der Waals surface area (Å²) in [6, 6.07) is 10.5. The summed E-state index contributed by atoms with van der Waals surface area (Å²) in [4.78, 5) is 19.0. The van der Waals surface area contributed by atoms with Gasteiger partial charge in [-0.25, -0.2) is 9.50 Å². The molecular weight excluding hydrogens is 368 g/mol. The standard InChI is InChI=1S/C22H24N4O3/c1-3-29-22(27)13-25-15-6-9-19(25)17-12-23-21-11-18(24-26(21)20(17)10-15)14-4-7-16(28-2)8-5-14/h4-5,7-8,11-12,15,19H,3,6,9-10,13H2,1-2H3. The van der Waals surface area contributed by atoms with Gasteiger partial charge in [0, 0.05) is 41.9 Å². The van der Waals surface area contributed by atoms with Gasteiger partial charge in [-0.3, -0.25) is 9.69 Å². The molecule has 4 heterocycles. The third kappa shape index (κ3) is 3.06. The molecule has 0 radical (unpaired) electrons. The lowest BCUT2D eigenvalue weighted by Crippen LogP contribution is -2.42. The second-order valence-corrected chi connectivity index (χ2v) is 7.62. The first kappa shape index (κ1) is 18.1. The lowest BCUT2D eigenvalue weighted by molar-refractivity contribution is -0.145. The topological polar surface area (TPSA) is 69.0 Å². The molecule has 0 amide bonds. The van der Waals surface area contributed by atoms with Crippen molar-refractivity contribution in [2.45, 2.75) is 38.3 Å². The number of ether oxygens (including phenoxy) is 2. The van der Waals surface area contributed by atoms with Crippen LogP contribution < -0.4 is 4.74 Å². The molecule has 0 spiro atoms. The fourth-order valence-corrected chi connectivity index (χ4v) is 4.69. The third-order valence-electron chi connectivity index (χ3n) is 6.05. The number of benzene rings is 1. The lowest BCUT2D eigenvalue weighted by atomic mass is 9.99. The van der Waals surface area contributed by atoms with Crippen molar-refractivity contribution in [1.82, 2.24) is 19.5 Å². The van der Waals surface area contributed by atoms with E-state index in [4.69, 9.17) is 14.6 Å². The van der Waals surface area contributed by atoms with Crippen LogP contribution in [0.5, 0.6) is 5.75 Å². The summed E-state index contributed by atoms with van der Waals surface area (Å²) < 4.78 is 12.4. The van der Waals surface area contributed by atoms with Crippen LogP contribution in [-0.4, -0.2) is 51.8 Å². The third-order valence-corrected chi connectivity index (χ3v) is 6.05. The second-order valence-electron chi connectivity index (χ2n) is 7.62. The van der Waals surface area contributed by atoms with E-state index >= 15 is 0 Å². The van der Waals surface area contributed by atoms with E-state index in [1.165, 1.54) is 11.3 Å². The highest BCUT2D eigenvalue weighted by Crippen LogP contribution is 2.43. The molecule has 2 bridgehead atoms. The van der Waals surface area contributed by atoms with Gasteiger partial charge in [-0.1, -0.05) is 0 Å². The highest BCUT2D eigenvalue weighted by atomic mass is 16.5. The average molecular weight is 392 g/mol. The van der Waals surface area contributed by atoms with E-state index in [1.807, 2.05) is 48.0 Å². The Labute approximate surface area is 169 Å². The molecule has 2 aromatic heterocycles. The molecular formula is C22H24N4O3. The summed E-state index contributed by atoms with van der Waals surface area (Å²) in [5, 5.41) is 4.87. The van der Waals surface area contributed by atoms with E-state index in [2.05, 4.69) is 9.88 Å². The van der Waals surface area contributed by atoms with Crippen molar-refractivity contribution in [3.8, 4) is 17.0 Å². The molecule has 5 rings (SSSR count). The molecule has 2 aliphatic heterocycles. The number of carbonyl (C=O) groups is 1. The summed E-state index contributed by atoms with van der Waals surface area (Å²) in [5.41, 5.74) is 5.18. The maximum atomic E-state index is 12.1. The maximum absolute atomic E-state index is 12.1. The van der Waals surface area contributed by atoms with Crippen molar-refractivity contribution in [2.75, 3.05) is 20.3 Å². The van der Waals surface area contributed by atoms with Crippen LogP contribution in [0.25, 0.3) is 16.9 Å². The van der Waals surface area contributed by atoms with Gasteiger partial charge >= 0.3 is 5.97 Å². The van der Waals surface area contributed by atoms with Gasteiger partial charge in [-0.15, -0.1) is 0 Å². The number of rotatable bonds is 5. The van der Waals surface area contributed by atoms with E-state index in [1.54, 1.807) is 7.11 Å². The molecule has 2 atom stereocenters. The fraction of sp³-hybridized carbons (Fsp3) is 0.409. The Balaban J connectivity index is 1.49. The van der Waals surface area contributed by atoms with Gasteiger partial charge < -0.3 is 9.47 Å². The molecule has 1 fully saturated rings. The van der Waals surface area contributed by atoms with Crippen LogP contribution in [0.1, 0.15) is 37.1 Å². The molecule has 1 aromatic carbocycles. The molecule has 29 heavy (non-hydrogen) atoms. The number of hydrogen-bond acceptors (Lipinski definition) is 6. The predicted molar refractivity (Wildman–Crippen MR) is 108 cm³/mol. The van der Waals surface area contributed by atoms with E-state index in [-0.39, 0.29) is 12.0 Å². The quantitative estimate of drug-likeness (QED) is 0.622. The Morgan fingerprint density at radius 1 is 1.24 bits per heavy atom. The molecule has 0 N–H and O–H groups in total. The molecule has 150 valence electrons. The zero-order chi connectivity index (χ0) is 20.0. The van der Waals surface area contributed by atoms with Crippen molar-refractivity contribution >= 4 is 11.6 Å². The summed E-state index contributed by atoms with van der Waals surface area (Å²) in [6.07, 6.45) is 4.95. The van der Waals surface area contributed by atoms with Crippen LogP contribution in [0.15, 0.2) is 36.5 Å². The minimum Gasteiger partial charge on any atom is -0.497 e. The Morgan fingerprint density at radius 3 is 2.83 bits per heavy atom. The van der Waals surface area contributed by atoms with Crippen molar-refractivity contribution in [3.63, 3.8) is 0 Å². The predicted octanol–water partition coefficient (Wildman–Crippen LogP) is 3.03. The van der Waals surface area contributed by atoms with Crippen LogP contribution in [0, 0.1) is 0 Å². The van der Waals surface area contributed by atoms with Crippen molar-refractivity contribution in [2.24, 2.45) is 0 Å². The SMILES string of the molecule is CCOC(=O)CN1C2CCC1c1cnc3cc(-c4ccc(OC)cc4)nn3c1C2. The normalized spacial score (nSPS) is 20.6. The van der Waals surface area contributed by atoms with Crippen molar-refractivity contribution in [1.29, 1.82) is 0 Å². The highest BCUT2D eigenvalue weighted by molar-refractivity contribution is 5.72. The fourth-order valence-electron chi connectivity index (χ4n) is 4.69. The van der Waals surface area contributed by atoms with Gasteiger partial charge in [-0.2, -0.15) is 5.10 Å². The van der Waals surface area contributed by atoms with E-state index in [9.17, 15) is 4.79 Å². The number of fused-ring (bicyclic) bond motifs is 6. The average Bonchev–Trinajstić information content (AvgIpc) is 3.28. The van der Waals surface area contributed by atoms with Gasteiger partial charge in [-0.05, 0) is 44.0 Å². The van der Waals surface area contributed by atoms with Crippen molar-refractivity contribution in [3.05, 3.63) is 47.8 Å². The first-order valence-corrected chi connectivity index (χ1v) is 10.1. The van der Waals surface area contributed by atoms with Gasteiger partial charge in [0.25, 0.3) is 0 Å². The molecule has 7 nitrogen and oxygen atoms in total. The van der Waals surface area contributed by atoms with Crippen LogP contribution >= 0.6 is 0 Å². The molecule has 0 saturated carbocycles. The van der Waals surface area contributed by atoms with Crippen LogP contribution in [0.4, 0.5) is 0 Å². The monoisotopic (exact) mass is 392 g/mol. The lowest BCUT2D eigenvalue weighted by Gasteiger charge is -2.35. The van der Waals surface area contributed by atoms with Gasteiger partial charge in [0.05, 0.1) is 31.6 Å². The Bertz CT molecular complexity index is 1060. The first-order valence-electron chi connectivity index (χ1n) is 10.1. The zero-order valence-electron chi connectivity index (χ0n) is 16.7. The van der Waals surface area contributed by atoms with E-state index < -0.39 is 0 Å². The van der Waals surface area contributed by atoms with E-state index in [0.29, 0.717) is 19.2 Å². The highest BCUT2D eigenvalue weighted by Gasteiger charge is 2.42. The van der Waals surface area contributed by atoms with Gasteiger partial charge in [0.2, 0.25) is 0 Å². The minimum atomic E-state index is -0.150. The summed E-state index contributed by atoms with van der Waals surface area (Å²) >= 11 is 0. The number of methoxy groups -OCH3 is 1. The minimum absolute atomic E-state index is 0.150. The molecule has 1 saturated heterocycles. The Hall–Kier alpha value is -2.93. The smallest absolute Gasteiger partial charge is 0.320 e. The van der Waals surface area contributed by atoms with Crippen LogP contribution in [-0.2, 0) is 16.0 Å². The maximum Gasteiger partial charge on any atom is 0.320 e. The summed E-state index contributed by atoms with van der Waals surface area (Å²) in [5.74, 6) is 0.675. The molecule has 7 heteroatoms. The van der Waals surface area contributed by atoms with Crippen molar-refractivity contribution < 1.29 is 14.3 Å². The zero-order valence-corrected chi connectivity index (χ0v) is 16.7. The summed E-state index contributed by atoms with van der Waals surface area (Å²) in [6.45, 7) is 2.61. The number of esters is 1. The number of carbonyl (C=O) groups excluding carboxylic acids is 1. The molecule has 3 aromatic rings. The van der Waals surface area contributed by atoms with Crippen LogP contribution in [0.3, 0.4) is 0 Å². The molecule has 0 aliphatic carbocycles. The number of aromatic nitrogens is 3. The van der Waals surface area contributed by atoms with E-state index in [0.717, 1.165) is 41.9 Å². The Morgan fingerprint density at radius 2 is 2.07 bits per heavy atom. The number of hydrogen-bond donors (Lipinski definition) is 0. The first-order chi connectivity index (χ1) is 14.2. The molecule has 2 unspecified atom stereocenters. The summed E-state index contributed by atoms with van der Waals surface area (Å²) in [7, 11) is 1.66. The van der Waals surface area contributed by atoms with Gasteiger partial charge in [0.1, 0.15) is 5.75 Å². The van der Waals surface area contributed by atoms with Crippen LogP contribution in [0.2, 0.25) is 0 Å².